The summed E-state index contributed by atoms with van der Waals surface area (Å²) in [7, 11) is 0. The number of nitrogens with one attached hydrogen (secondary N) is 1. The lowest BCUT2D eigenvalue weighted by Gasteiger charge is -2.11. The fourth-order valence-corrected chi connectivity index (χ4v) is 2.53. The topological polar surface area (TPSA) is 92.4 Å². The third-order valence-corrected chi connectivity index (χ3v) is 4.26. The molecule has 0 bridgehead atoms. The summed E-state index contributed by atoms with van der Waals surface area (Å²) < 4.78 is 0. The Morgan fingerprint density at radius 3 is 2.70 bits per heavy atom. The molecule has 0 heterocycles. The third kappa shape index (κ3) is 4.86. The molecule has 0 fully saturated rings. The quantitative estimate of drug-likeness (QED) is 0.741. The van der Waals surface area contributed by atoms with E-state index in [4.69, 9.17) is 34.0 Å². The van der Waals surface area contributed by atoms with E-state index in [2.05, 4.69) is 5.32 Å². The number of aliphatic carboxylic acids is 1. The zero-order chi connectivity index (χ0) is 15.3. The van der Waals surface area contributed by atoms with Crippen molar-refractivity contribution in [2.24, 2.45) is 5.73 Å². The number of carboxylic acids is 1. The van der Waals surface area contributed by atoms with Gasteiger partial charge in [-0.15, -0.1) is 11.8 Å². The standard InChI is InChI=1S/C12H14Cl2N2O3S/c1-6-2-3-7(13)11(10(6)14)16-9(17)5-20-4-8(15)12(18)19/h2-3,8H,4-5,15H2,1H3,(H,16,17)(H,18,19). The highest BCUT2D eigenvalue weighted by molar-refractivity contribution is 8.00. The van der Waals surface area contributed by atoms with Gasteiger partial charge >= 0.3 is 5.97 Å². The molecule has 0 spiro atoms. The summed E-state index contributed by atoms with van der Waals surface area (Å²) in [5, 5.41) is 12.0. The van der Waals surface area contributed by atoms with E-state index in [0.717, 1.165) is 17.3 Å². The Bertz CT molecular complexity index is 526. The molecule has 1 unspecified atom stereocenters. The van der Waals surface area contributed by atoms with Crippen LogP contribution in [-0.4, -0.2) is 34.5 Å². The van der Waals surface area contributed by atoms with E-state index in [1.165, 1.54) is 0 Å². The Balaban J connectivity index is 2.55. The van der Waals surface area contributed by atoms with Crippen LogP contribution in [-0.2, 0) is 9.59 Å². The van der Waals surface area contributed by atoms with Gasteiger partial charge in [0.05, 0.1) is 21.5 Å². The molecule has 1 aromatic rings. The van der Waals surface area contributed by atoms with Gasteiger partial charge in [0, 0.05) is 5.75 Å². The lowest BCUT2D eigenvalue weighted by atomic mass is 10.2. The number of rotatable bonds is 6. The van der Waals surface area contributed by atoms with E-state index in [1.807, 2.05) is 0 Å². The second kappa shape index (κ2) is 7.73. The van der Waals surface area contributed by atoms with Crippen LogP contribution < -0.4 is 11.1 Å². The van der Waals surface area contributed by atoms with Crippen molar-refractivity contribution >= 4 is 52.5 Å². The van der Waals surface area contributed by atoms with Crippen LogP contribution in [0.3, 0.4) is 0 Å². The van der Waals surface area contributed by atoms with E-state index in [0.29, 0.717) is 15.7 Å². The van der Waals surface area contributed by atoms with E-state index in [-0.39, 0.29) is 17.4 Å². The summed E-state index contributed by atoms with van der Waals surface area (Å²) in [5.41, 5.74) is 6.49. The van der Waals surface area contributed by atoms with Gasteiger partial charge in [-0.3, -0.25) is 9.59 Å². The molecular weight excluding hydrogens is 323 g/mol. The summed E-state index contributed by atoms with van der Waals surface area (Å²) in [5.74, 6) is -1.19. The van der Waals surface area contributed by atoms with Gasteiger partial charge in [-0.05, 0) is 18.6 Å². The predicted octanol–water partition coefficient (Wildman–Crippen LogP) is 2.39. The number of anilines is 1. The molecule has 0 saturated carbocycles. The number of hydrogen-bond donors (Lipinski definition) is 3. The Labute approximate surface area is 130 Å². The van der Waals surface area contributed by atoms with Crippen LogP contribution >= 0.6 is 35.0 Å². The van der Waals surface area contributed by atoms with Gasteiger partial charge in [-0.2, -0.15) is 0 Å². The van der Waals surface area contributed by atoms with Crippen LogP contribution in [0.4, 0.5) is 5.69 Å². The van der Waals surface area contributed by atoms with Crippen LogP contribution in [0.15, 0.2) is 12.1 Å². The van der Waals surface area contributed by atoms with Crippen molar-refractivity contribution in [2.75, 3.05) is 16.8 Å². The van der Waals surface area contributed by atoms with Gasteiger partial charge in [0.25, 0.3) is 0 Å². The van der Waals surface area contributed by atoms with Crippen molar-refractivity contribution in [1.29, 1.82) is 0 Å². The minimum absolute atomic E-state index is 0.0710. The highest BCUT2D eigenvalue weighted by Gasteiger charge is 2.14. The summed E-state index contributed by atoms with van der Waals surface area (Å²) in [6, 6.07) is 2.41. The first-order valence-corrected chi connectivity index (χ1v) is 7.54. The first-order valence-electron chi connectivity index (χ1n) is 5.63. The molecular formula is C12H14Cl2N2O3S. The first kappa shape index (κ1) is 17.1. The van der Waals surface area contributed by atoms with Gasteiger partial charge in [0.1, 0.15) is 6.04 Å². The molecule has 0 aliphatic rings. The zero-order valence-corrected chi connectivity index (χ0v) is 13.0. The summed E-state index contributed by atoms with van der Waals surface area (Å²) >= 11 is 13.2. The fourth-order valence-electron chi connectivity index (χ4n) is 1.30. The number of carboxylic acid groups (broad SMARTS) is 1. The smallest absolute Gasteiger partial charge is 0.321 e. The molecule has 0 radical (unpaired) electrons. The Kier molecular flexibility index (Phi) is 6.61. The molecule has 0 aliphatic heterocycles. The number of halogens is 2. The fraction of sp³-hybridized carbons (Fsp3) is 0.333. The molecule has 1 amide bonds. The highest BCUT2D eigenvalue weighted by Crippen LogP contribution is 2.32. The number of thioether (sulfide) groups is 1. The third-order valence-electron chi connectivity index (χ3n) is 2.40. The molecule has 20 heavy (non-hydrogen) atoms. The van der Waals surface area contributed by atoms with Crippen molar-refractivity contribution in [3.8, 4) is 0 Å². The van der Waals surface area contributed by atoms with Gasteiger partial charge in [0.2, 0.25) is 5.91 Å². The second-order valence-corrected chi connectivity index (χ2v) is 5.88. The summed E-state index contributed by atoms with van der Waals surface area (Å²) in [6.45, 7) is 1.80. The molecule has 0 aromatic heterocycles. The Morgan fingerprint density at radius 1 is 1.45 bits per heavy atom. The maximum absolute atomic E-state index is 11.7. The lowest BCUT2D eigenvalue weighted by molar-refractivity contribution is -0.137. The van der Waals surface area contributed by atoms with E-state index < -0.39 is 12.0 Å². The van der Waals surface area contributed by atoms with E-state index in [1.54, 1.807) is 19.1 Å². The zero-order valence-electron chi connectivity index (χ0n) is 10.7. The molecule has 1 aromatic carbocycles. The van der Waals surface area contributed by atoms with Crippen molar-refractivity contribution in [1.82, 2.24) is 0 Å². The minimum atomic E-state index is -1.09. The normalized spacial score (nSPS) is 12.0. The Morgan fingerprint density at radius 2 is 2.10 bits per heavy atom. The summed E-state index contributed by atoms with van der Waals surface area (Å²) in [6.07, 6.45) is 0. The van der Waals surface area contributed by atoms with Crippen LogP contribution in [0.25, 0.3) is 0 Å². The predicted molar refractivity (Wildman–Crippen MR) is 82.8 cm³/mol. The maximum atomic E-state index is 11.7. The first-order chi connectivity index (χ1) is 9.32. The van der Waals surface area contributed by atoms with Crippen molar-refractivity contribution in [3.63, 3.8) is 0 Å². The number of aryl methyl sites for hydroxylation is 1. The van der Waals surface area contributed by atoms with Crippen LogP contribution in [0.1, 0.15) is 5.56 Å². The van der Waals surface area contributed by atoms with Crippen molar-refractivity contribution < 1.29 is 14.7 Å². The molecule has 110 valence electrons. The summed E-state index contributed by atoms with van der Waals surface area (Å²) in [4.78, 5) is 22.3. The maximum Gasteiger partial charge on any atom is 0.321 e. The molecule has 1 atom stereocenters. The number of carbonyl (C=O) groups excluding carboxylic acids is 1. The van der Waals surface area contributed by atoms with Gasteiger partial charge in [0.15, 0.2) is 0 Å². The van der Waals surface area contributed by atoms with E-state index >= 15 is 0 Å². The van der Waals surface area contributed by atoms with Crippen LogP contribution in [0.5, 0.6) is 0 Å². The highest BCUT2D eigenvalue weighted by atomic mass is 35.5. The minimum Gasteiger partial charge on any atom is -0.480 e. The number of benzene rings is 1. The van der Waals surface area contributed by atoms with Gasteiger partial charge < -0.3 is 16.2 Å². The number of hydrogen-bond acceptors (Lipinski definition) is 4. The molecule has 0 aliphatic carbocycles. The molecule has 0 saturated heterocycles. The van der Waals surface area contributed by atoms with Crippen LogP contribution in [0.2, 0.25) is 10.0 Å². The number of amides is 1. The van der Waals surface area contributed by atoms with Crippen molar-refractivity contribution in [3.05, 3.63) is 27.7 Å². The second-order valence-electron chi connectivity index (χ2n) is 4.06. The number of carbonyl (C=O) groups is 2. The average Bonchev–Trinajstić information content (AvgIpc) is 2.39. The molecule has 5 nitrogen and oxygen atoms in total. The van der Waals surface area contributed by atoms with Crippen LogP contribution in [0, 0.1) is 6.92 Å². The lowest BCUT2D eigenvalue weighted by Crippen LogP contribution is -2.33. The van der Waals surface area contributed by atoms with Crippen molar-refractivity contribution in [2.45, 2.75) is 13.0 Å². The average molecular weight is 337 g/mol. The SMILES string of the molecule is Cc1ccc(Cl)c(NC(=O)CSCC(N)C(=O)O)c1Cl. The van der Waals surface area contributed by atoms with E-state index in [9.17, 15) is 9.59 Å². The molecule has 8 heteroatoms. The monoisotopic (exact) mass is 336 g/mol. The van der Waals surface area contributed by atoms with Gasteiger partial charge in [-0.25, -0.2) is 0 Å². The number of nitrogens with two attached hydrogens (primary N) is 1. The Hall–Kier alpha value is -0.950. The molecule has 4 N–H and O–H groups in total. The van der Waals surface area contributed by atoms with Gasteiger partial charge in [-0.1, -0.05) is 29.3 Å². The largest absolute Gasteiger partial charge is 0.480 e. The molecule has 1 rings (SSSR count).